The third-order valence-corrected chi connectivity index (χ3v) is 6.75. The number of carbonyl (C=O) groups is 1. The number of nitrogens with zero attached hydrogens (tertiary/aromatic N) is 1. The van der Waals surface area contributed by atoms with E-state index in [0.29, 0.717) is 34.5 Å². The van der Waals surface area contributed by atoms with Crippen LogP contribution in [0.3, 0.4) is 0 Å². The molecule has 0 radical (unpaired) electrons. The Labute approximate surface area is 187 Å². The molecule has 150 valence electrons. The van der Waals surface area contributed by atoms with Crippen molar-refractivity contribution in [3.63, 3.8) is 0 Å². The number of carboxylic acid groups (broad SMARTS) is 1. The van der Waals surface area contributed by atoms with Crippen LogP contribution in [-0.2, 0) is 21.7 Å². The second kappa shape index (κ2) is 10.7. The zero-order chi connectivity index (χ0) is 20.6. The fourth-order valence-corrected chi connectivity index (χ4v) is 4.72. The topological polar surface area (TPSA) is 59.4 Å². The standard InChI is InChI=1S/C21H17Cl2NO3S2/c22-17-7-2-8-18(23)20(17)29-13-15-5-1-4-14(24-15)12-19(21(25)26)27-10-9-16-6-3-11-28-16/h1-8,11-12H,9-10,13H2,(H,25,26). The number of halogens is 2. The van der Waals surface area contributed by atoms with Gasteiger partial charge in [-0.1, -0.05) is 41.4 Å². The third kappa shape index (κ3) is 6.51. The molecule has 8 heteroatoms. The van der Waals surface area contributed by atoms with Crippen LogP contribution in [0.2, 0.25) is 10.0 Å². The quantitative estimate of drug-likeness (QED) is 0.224. The molecule has 1 N–H and O–H groups in total. The summed E-state index contributed by atoms with van der Waals surface area (Å²) < 4.78 is 5.47. The third-order valence-electron chi connectivity index (χ3n) is 3.79. The van der Waals surface area contributed by atoms with Gasteiger partial charge in [0, 0.05) is 28.0 Å². The van der Waals surface area contributed by atoms with E-state index in [1.807, 2.05) is 29.6 Å². The van der Waals surface area contributed by atoms with Gasteiger partial charge >= 0.3 is 5.97 Å². The molecule has 4 nitrogen and oxygen atoms in total. The summed E-state index contributed by atoms with van der Waals surface area (Å²) in [6, 6.07) is 14.8. The first-order chi connectivity index (χ1) is 14.0. The lowest BCUT2D eigenvalue weighted by atomic mass is 10.3. The molecule has 3 rings (SSSR count). The minimum Gasteiger partial charge on any atom is -0.486 e. The number of pyridine rings is 1. The Morgan fingerprint density at radius 3 is 2.59 bits per heavy atom. The number of hydrogen-bond donors (Lipinski definition) is 1. The number of carboxylic acids is 1. The smallest absolute Gasteiger partial charge is 0.371 e. The van der Waals surface area contributed by atoms with Crippen LogP contribution in [0.5, 0.6) is 0 Å². The van der Waals surface area contributed by atoms with Crippen LogP contribution in [0.15, 0.2) is 64.6 Å². The summed E-state index contributed by atoms with van der Waals surface area (Å²) in [4.78, 5) is 18.0. The van der Waals surface area contributed by atoms with Crippen LogP contribution in [-0.4, -0.2) is 22.7 Å². The molecule has 1 aromatic carbocycles. The molecule has 0 amide bonds. The van der Waals surface area contributed by atoms with E-state index < -0.39 is 5.97 Å². The fraction of sp³-hybridized carbons (Fsp3) is 0.143. The van der Waals surface area contributed by atoms with Gasteiger partial charge in [0.05, 0.1) is 28.0 Å². The predicted molar refractivity (Wildman–Crippen MR) is 120 cm³/mol. The highest BCUT2D eigenvalue weighted by atomic mass is 35.5. The summed E-state index contributed by atoms with van der Waals surface area (Å²) in [6.45, 7) is 0.291. The van der Waals surface area contributed by atoms with E-state index in [0.717, 1.165) is 15.5 Å². The number of ether oxygens (including phenoxy) is 1. The molecule has 3 aromatic rings. The molecule has 2 aromatic heterocycles. The molecule has 0 unspecified atom stereocenters. The molecule has 0 bridgehead atoms. The highest BCUT2D eigenvalue weighted by Crippen LogP contribution is 2.35. The van der Waals surface area contributed by atoms with Crippen molar-refractivity contribution in [2.75, 3.05) is 6.61 Å². The Kier molecular flexibility index (Phi) is 8.00. The monoisotopic (exact) mass is 465 g/mol. The molecule has 0 aliphatic carbocycles. The fourth-order valence-electron chi connectivity index (χ4n) is 2.44. The van der Waals surface area contributed by atoms with E-state index in [4.69, 9.17) is 27.9 Å². The molecule has 0 fully saturated rings. The van der Waals surface area contributed by atoms with E-state index in [1.165, 1.54) is 17.8 Å². The first kappa shape index (κ1) is 21.7. The van der Waals surface area contributed by atoms with Gasteiger partial charge in [0.15, 0.2) is 0 Å². The number of aromatic nitrogens is 1. The van der Waals surface area contributed by atoms with E-state index >= 15 is 0 Å². The number of benzene rings is 1. The van der Waals surface area contributed by atoms with Crippen LogP contribution in [0.25, 0.3) is 6.08 Å². The van der Waals surface area contributed by atoms with Crippen LogP contribution in [0, 0.1) is 0 Å². The van der Waals surface area contributed by atoms with E-state index in [-0.39, 0.29) is 5.76 Å². The summed E-state index contributed by atoms with van der Waals surface area (Å²) in [6.07, 6.45) is 2.10. The molecule has 0 spiro atoms. The Bertz CT molecular complexity index is 987. The number of thiophene rings is 1. The lowest BCUT2D eigenvalue weighted by Gasteiger charge is -2.08. The first-order valence-corrected chi connectivity index (χ1v) is 11.3. The van der Waals surface area contributed by atoms with E-state index in [1.54, 1.807) is 35.6 Å². The van der Waals surface area contributed by atoms with Crippen LogP contribution in [0.4, 0.5) is 0 Å². The van der Waals surface area contributed by atoms with Gasteiger partial charge in [-0.3, -0.25) is 4.98 Å². The molecule has 0 aliphatic rings. The van der Waals surface area contributed by atoms with Gasteiger partial charge in [-0.05, 0) is 35.7 Å². The van der Waals surface area contributed by atoms with Crippen molar-refractivity contribution in [3.8, 4) is 0 Å². The Hall–Kier alpha value is -1.99. The molecule has 2 heterocycles. The molecule has 0 saturated heterocycles. The summed E-state index contributed by atoms with van der Waals surface area (Å²) in [5.74, 6) is -0.708. The van der Waals surface area contributed by atoms with Gasteiger partial charge in [0.1, 0.15) is 0 Å². The van der Waals surface area contributed by atoms with Gasteiger partial charge < -0.3 is 9.84 Å². The lowest BCUT2D eigenvalue weighted by molar-refractivity contribution is -0.136. The van der Waals surface area contributed by atoms with Gasteiger partial charge in [-0.2, -0.15) is 0 Å². The molecule has 29 heavy (non-hydrogen) atoms. The number of hydrogen-bond acceptors (Lipinski definition) is 5. The zero-order valence-electron chi connectivity index (χ0n) is 15.2. The highest BCUT2D eigenvalue weighted by Gasteiger charge is 2.11. The Morgan fingerprint density at radius 1 is 1.14 bits per heavy atom. The van der Waals surface area contributed by atoms with Crippen LogP contribution >= 0.6 is 46.3 Å². The summed E-state index contributed by atoms with van der Waals surface area (Å²) in [7, 11) is 0. The molecular weight excluding hydrogens is 449 g/mol. The maximum atomic E-state index is 11.5. The van der Waals surface area contributed by atoms with Gasteiger partial charge in [-0.15, -0.1) is 23.1 Å². The molecule has 0 atom stereocenters. The maximum absolute atomic E-state index is 11.5. The van der Waals surface area contributed by atoms with Crippen molar-refractivity contribution < 1.29 is 14.6 Å². The first-order valence-electron chi connectivity index (χ1n) is 8.66. The number of aliphatic carboxylic acids is 1. The minimum absolute atomic E-state index is 0.131. The van der Waals surface area contributed by atoms with Gasteiger partial charge in [-0.25, -0.2) is 4.79 Å². The molecular formula is C21H17Cl2NO3S2. The van der Waals surface area contributed by atoms with Gasteiger partial charge in [0.2, 0.25) is 5.76 Å². The average molecular weight is 466 g/mol. The summed E-state index contributed by atoms with van der Waals surface area (Å²) in [5, 5.41) is 12.6. The van der Waals surface area contributed by atoms with Crippen molar-refractivity contribution in [2.24, 2.45) is 0 Å². The van der Waals surface area contributed by atoms with Gasteiger partial charge in [0.25, 0.3) is 0 Å². The number of thioether (sulfide) groups is 1. The van der Waals surface area contributed by atoms with Crippen molar-refractivity contribution in [1.29, 1.82) is 0 Å². The highest BCUT2D eigenvalue weighted by molar-refractivity contribution is 7.98. The lowest BCUT2D eigenvalue weighted by Crippen LogP contribution is -2.07. The summed E-state index contributed by atoms with van der Waals surface area (Å²) in [5.41, 5.74) is 1.30. The zero-order valence-corrected chi connectivity index (χ0v) is 18.3. The molecule has 0 saturated carbocycles. The van der Waals surface area contributed by atoms with Crippen molar-refractivity contribution >= 4 is 58.3 Å². The second-order valence-corrected chi connectivity index (χ2v) is 8.72. The van der Waals surface area contributed by atoms with E-state index in [9.17, 15) is 9.90 Å². The van der Waals surface area contributed by atoms with Crippen LogP contribution in [0.1, 0.15) is 16.3 Å². The van der Waals surface area contributed by atoms with Crippen molar-refractivity contribution in [2.45, 2.75) is 17.1 Å². The minimum atomic E-state index is -1.12. The average Bonchev–Trinajstić information content (AvgIpc) is 3.20. The molecule has 0 aliphatic heterocycles. The number of rotatable bonds is 9. The Morgan fingerprint density at radius 2 is 1.90 bits per heavy atom. The van der Waals surface area contributed by atoms with E-state index in [2.05, 4.69) is 4.98 Å². The van der Waals surface area contributed by atoms with Crippen LogP contribution < -0.4 is 0 Å². The van der Waals surface area contributed by atoms with Crippen molar-refractivity contribution in [1.82, 2.24) is 4.98 Å². The predicted octanol–water partition coefficient (Wildman–Crippen LogP) is 6.43. The van der Waals surface area contributed by atoms with Crippen molar-refractivity contribution in [3.05, 3.63) is 86.0 Å². The maximum Gasteiger partial charge on any atom is 0.371 e. The normalized spacial score (nSPS) is 11.4. The Balaban J connectivity index is 1.66. The SMILES string of the molecule is O=C(O)C(=Cc1cccc(CSc2c(Cl)cccc2Cl)n1)OCCc1cccs1. The second-order valence-electron chi connectivity index (χ2n) is 5.88. The summed E-state index contributed by atoms with van der Waals surface area (Å²) >= 11 is 15.5. The largest absolute Gasteiger partial charge is 0.486 e.